The van der Waals surface area contributed by atoms with Crippen molar-refractivity contribution in [3.8, 4) is 5.69 Å². The number of para-hydroxylation sites is 1. The molecule has 2 heterocycles. The summed E-state index contributed by atoms with van der Waals surface area (Å²) < 4.78 is 1.54. The van der Waals surface area contributed by atoms with Gasteiger partial charge in [0.25, 0.3) is 17.4 Å². The number of nitrogens with zero attached hydrogens (tertiary/aromatic N) is 4. The lowest BCUT2D eigenvalue weighted by atomic mass is 10.1. The maximum Gasteiger partial charge on any atom is 0.274 e. The summed E-state index contributed by atoms with van der Waals surface area (Å²) in [6.07, 6.45) is 0.466. The Hall–Kier alpha value is -5.82. The van der Waals surface area contributed by atoms with E-state index in [2.05, 4.69) is 20.6 Å². The fourth-order valence-corrected chi connectivity index (χ4v) is 4.95. The smallest absolute Gasteiger partial charge is 0.274 e. The van der Waals surface area contributed by atoms with Crippen LogP contribution >= 0.6 is 0 Å². The lowest BCUT2D eigenvalue weighted by molar-refractivity contribution is 0.0706. The van der Waals surface area contributed by atoms with Crippen LogP contribution in [0.25, 0.3) is 16.6 Å². The zero-order valence-electron chi connectivity index (χ0n) is 24.0. The van der Waals surface area contributed by atoms with Gasteiger partial charge < -0.3 is 22.1 Å². The molecule has 0 fully saturated rings. The summed E-state index contributed by atoms with van der Waals surface area (Å²) in [6, 6.07) is 20.6. The molecular weight excluding hydrogens is 562 g/mol. The molecule has 0 unspecified atom stereocenters. The largest absolute Gasteiger partial charge is 0.383 e. The number of nitrogen functional groups attached to an aromatic ring is 1. The Morgan fingerprint density at radius 3 is 2.36 bits per heavy atom. The van der Waals surface area contributed by atoms with Crippen LogP contribution in [-0.4, -0.2) is 36.5 Å². The van der Waals surface area contributed by atoms with Gasteiger partial charge in [-0.15, -0.1) is 0 Å². The van der Waals surface area contributed by atoms with Crippen molar-refractivity contribution in [2.45, 2.75) is 32.9 Å². The predicted molar refractivity (Wildman–Crippen MR) is 167 cm³/mol. The first kappa shape index (κ1) is 29.7. The molecule has 0 radical (unpaired) electrons. The highest BCUT2D eigenvalue weighted by Gasteiger charge is 2.25. The van der Waals surface area contributed by atoms with Crippen molar-refractivity contribution in [1.29, 1.82) is 0 Å². The number of aromatic nitrogens is 4. The molecule has 2 aromatic heterocycles. The summed E-state index contributed by atoms with van der Waals surface area (Å²) in [6.45, 7) is 3.92. The summed E-state index contributed by atoms with van der Waals surface area (Å²) in [4.78, 5) is 51.7. The van der Waals surface area contributed by atoms with Crippen LogP contribution in [0.5, 0.6) is 0 Å². The number of carbonyl (C=O) groups is 2. The first-order chi connectivity index (χ1) is 21.2. The molecule has 13 heteroatoms. The maximum absolute atomic E-state index is 14.4. The van der Waals surface area contributed by atoms with E-state index in [0.717, 1.165) is 5.56 Å². The highest BCUT2D eigenvalue weighted by atomic mass is 16.5. The molecule has 0 spiro atoms. The Balaban J connectivity index is 1.60. The Morgan fingerprint density at radius 2 is 1.70 bits per heavy atom. The lowest BCUT2D eigenvalue weighted by Gasteiger charge is -2.23. The van der Waals surface area contributed by atoms with Gasteiger partial charge in [0.05, 0.1) is 22.6 Å². The molecule has 13 nitrogen and oxygen atoms in total. The number of fused-ring (bicyclic) bond motifs is 1. The number of primary amides is 1. The number of aryl methyl sites for hydroxylation is 1. The summed E-state index contributed by atoms with van der Waals surface area (Å²) >= 11 is 0. The number of nitrogens with one attached hydrogen (secondary N) is 3. The van der Waals surface area contributed by atoms with Crippen LogP contribution < -0.4 is 33.1 Å². The molecular formula is C31H31N9O4. The van der Waals surface area contributed by atoms with Gasteiger partial charge in [-0.2, -0.15) is 0 Å². The quantitative estimate of drug-likeness (QED) is 0.103. The van der Waals surface area contributed by atoms with Gasteiger partial charge in [-0.1, -0.05) is 43.3 Å². The Morgan fingerprint density at radius 1 is 0.977 bits per heavy atom. The third kappa shape index (κ3) is 5.89. The summed E-state index contributed by atoms with van der Waals surface area (Å²) in [7, 11) is 0. The van der Waals surface area contributed by atoms with E-state index in [4.69, 9.17) is 21.7 Å². The fourth-order valence-electron chi connectivity index (χ4n) is 4.95. The molecule has 0 saturated carbocycles. The number of hydroxylamine groups is 1. The van der Waals surface area contributed by atoms with E-state index < -0.39 is 17.9 Å². The van der Waals surface area contributed by atoms with E-state index in [1.807, 2.05) is 37.3 Å². The third-order valence-electron chi connectivity index (χ3n) is 7.06. The summed E-state index contributed by atoms with van der Waals surface area (Å²) in [5.74, 6) is -0.535. The van der Waals surface area contributed by atoms with E-state index >= 15 is 0 Å². The number of hydrogen-bond acceptors (Lipinski definition) is 10. The highest BCUT2D eigenvalue weighted by molar-refractivity contribution is 6.02. The van der Waals surface area contributed by atoms with Crippen molar-refractivity contribution in [1.82, 2.24) is 25.0 Å². The van der Waals surface area contributed by atoms with Gasteiger partial charge in [0.1, 0.15) is 28.8 Å². The number of rotatable bonds is 10. The van der Waals surface area contributed by atoms with Crippen molar-refractivity contribution < 1.29 is 14.8 Å². The molecule has 224 valence electrons. The normalized spacial score (nSPS) is 11.6. The molecule has 0 saturated heterocycles. The number of amides is 2. The van der Waals surface area contributed by atoms with Crippen LogP contribution in [0.15, 0.2) is 77.6 Å². The zero-order valence-corrected chi connectivity index (χ0v) is 24.0. The van der Waals surface area contributed by atoms with Crippen LogP contribution in [0.4, 0.5) is 17.3 Å². The van der Waals surface area contributed by atoms with Crippen LogP contribution in [0.3, 0.4) is 0 Å². The Kier molecular flexibility index (Phi) is 8.49. The first-order valence-electron chi connectivity index (χ1n) is 13.8. The van der Waals surface area contributed by atoms with Crippen molar-refractivity contribution in [2.75, 3.05) is 16.4 Å². The second-order valence-electron chi connectivity index (χ2n) is 9.99. The SMILES string of the molecule is CC[C@H](Nc1nc(C)nc(N)c1C(N)=O)c1nc2cccc(NCc3ccc(C(=O)NO)cc3)c2c(=O)n1-c1ccccc1. The number of hydrogen-bond donors (Lipinski definition) is 6. The van der Waals surface area contributed by atoms with Gasteiger partial charge in [-0.25, -0.2) is 20.4 Å². The van der Waals surface area contributed by atoms with Crippen molar-refractivity contribution in [3.63, 3.8) is 0 Å². The Labute approximate surface area is 251 Å². The fraction of sp³-hybridized carbons (Fsp3) is 0.161. The van der Waals surface area contributed by atoms with E-state index in [1.165, 1.54) is 0 Å². The molecule has 0 aliphatic heterocycles. The standard InChI is InChI=1S/C31H31N9O4/c1-3-21(37-28-25(27(33)41)26(32)35-17(2)36-28)29-38-23-11-7-10-22(24(23)31(43)40(29)20-8-5-4-6-9-20)34-16-18-12-14-19(15-13-18)30(42)39-44/h4-15,21,34,44H,3,16H2,1-2H3,(H2,33,41)(H,39,42)(H3,32,35,36,37)/t21-/m0/s1. The molecule has 3 aromatic carbocycles. The molecule has 2 amide bonds. The van der Waals surface area contributed by atoms with Gasteiger partial charge in [-0.05, 0) is 55.3 Å². The van der Waals surface area contributed by atoms with Crippen molar-refractivity contribution in [2.24, 2.45) is 5.73 Å². The van der Waals surface area contributed by atoms with Gasteiger partial charge in [0.15, 0.2) is 0 Å². The molecule has 0 aliphatic rings. The Bertz CT molecular complexity index is 1910. The van der Waals surface area contributed by atoms with Crippen LogP contribution in [0.1, 0.15) is 57.3 Å². The van der Waals surface area contributed by atoms with E-state index in [1.54, 1.807) is 59.4 Å². The van der Waals surface area contributed by atoms with Gasteiger partial charge in [0.2, 0.25) is 0 Å². The maximum atomic E-state index is 14.4. The molecule has 5 rings (SSSR count). The molecule has 0 bridgehead atoms. The summed E-state index contributed by atoms with van der Waals surface area (Å²) in [5.41, 5.74) is 15.7. The first-order valence-corrected chi connectivity index (χ1v) is 13.8. The minimum atomic E-state index is -0.784. The van der Waals surface area contributed by atoms with Crippen LogP contribution in [0.2, 0.25) is 0 Å². The second-order valence-corrected chi connectivity index (χ2v) is 9.99. The monoisotopic (exact) mass is 593 g/mol. The van der Waals surface area contributed by atoms with E-state index in [0.29, 0.717) is 52.5 Å². The highest BCUT2D eigenvalue weighted by Crippen LogP contribution is 2.28. The van der Waals surface area contributed by atoms with Crippen molar-refractivity contribution >= 4 is 40.0 Å². The third-order valence-corrected chi connectivity index (χ3v) is 7.06. The second kappa shape index (κ2) is 12.6. The molecule has 8 N–H and O–H groups in total. The average Bonchev–Trinajstić information content (AvgIpc) is 3.02. The van der Waals surface area contributed by atoms with E-state index in [-0.39, 0.29) is 22.8 Å². The van der Waals surface area contributed by atoms with Crippen LogP contribution in [0, 0.1) is 6.92 Å². The predicted octanol–water partition coefficient (Wildman–Crippen LogP) is 3.46. The van der Waals surface area contributed by atoms with Gasteiger partial charge >= 0.3 is 0 Å². The molecule has 0 aliphatic carbocycles. The van der Waals surface area contributed by atoms with Gasteiger partial charge in [-0.3, -0.25) is 24.2 Å². The molecule has 5 aromatic rings. The topological polar surface area (TPSA) is 203 Å². The number of anilines is 3. The molecule has 44 heavy (non-hydrogen) atoms. The number of benzene rings is 3. The zero-order chi connectivity index (χ0) is 31.4. The average molecular weight is 594 g/mol. The minimum absolute atomic E-state index is 0.0417. The van der Waals surface area contributed by atoms with Crippen LogP contribution in [-0.2, 0) is 6.54 Å². The minimum Gasteiger partial charge on any atom is -0.383 e. The molecule has 1 atom stereocenters. The van der Waals surface area contributed by atoms with E-state index in [9.17, 15) is 14.4 Å². The lowest BCUT2D eigenvalue weighted by Crippen LogP contribution is -2.29. The van der Waals surface area contributed by atoms with Gasteiger partial charge in [0, 0.05) is 17.8 Å². The van der Waals surface area contributed by atoms with Crippen molar-refractivity contribution in [3.05, 3.63) is 111 Å². The summed E-state index contributed by atoms with van der Waals surface area (Å²) in [5, 5.41) is 15.8. The number of carbonyl (C=O) groups excluding carboxylic acids is 2. The number of nitrogens with two attached hydrogens (primary N) is 2.